The van der Waals surface area contributed by atoms with Crippen LogP contribution < -0.4 is 0 Å². The van der Waals surface area contributed by atoms with Crippen LogP contribution in [0.3, 0.4) is 0 Å². The minimum absolute atomic E-state index is 0.0242. The average molecular weight is 242 g/mol. The Morgan fingerprint density at radius 1 is 1.41 bits per heavy atom. The maximum atomic E-state index is 13.5. The van der Waals surface area contributed by atoms with Crippen LogP contribution in [-0.4, -0.2) is 11.1 Å². The lowest BCUT2D eigenvalue weighted by Crippen LogP contribution is -2.35. The van der Waals surface area contributed by atoms with Crippen molar-refractivity contribution in [2.45, 2.75) is 27.2 Å². The number of benzene rings is 1. The van der Waals surface area contributed by atoms with Crippen molar-refractivity contribution >= 4 is 5.97 Å². The largest absolute Gasteiger partial charge is 0.481 e. The first-order valence-corrected chi connectivity index (χ1v) is 5.44. The van der Waals surface area contributed by atoms with E-state index < -0.39 is 23.0 Å². The van der Waals surface area contributed by atoms with Crippen molar-refractivity contribution in [3.05, 3.63) is 35.4 Å². The van der Waals surface area contributed by atoms with Crippen LogP contribution >= 0.6 is 0 Å². The van der Waals surface area contributed by atoms with Gasteiger partial charge in [-0.25, -0.2) is 8.78 Å². The van der Waals surface area contributed by atoms with Gasteiger partial charge in [0.05, 0.1) is 5.41 Å². The van der Waals surface area contributed by atoms with Crippen molar-refractivity contribution in [3.63, 3.8) is 0 Å². The highest BCUT2D eigenvalue weighted by Crippen LogP contribution is 2.32. The van der Waals surface area contributed by atoms with Crippen LogP contribution in [0.2, 0.25) is 0 Å². The molecule has 1 rings (SSSR count). The molecule has 0 radical (unpaired) electrons. The Bertz CT molecular complexity index is 429. The summed E-state index contributed by atoms with van der Waals surface area (Å²) >= 11 is 0. The third kappa shape index (κ3) is 2.81. The second kappa shape index (κ2) is 4.82. The van der Waals surface area contributed by atoms with E-state index in [9.17, 15) is 18.7 Å². The molecule has 1 N–H and O–H groups in total. The zero-order valence-electron chi connectivity index (χ0n) is 10.1. The SMILES string of the molecule is CC(C)C(C)(Cc1cc(F)ccc1F)C(=O)O. The van der Waals surface area contributed by atoms with Gasteiger partial charge in [0.1, 0.15) is 11.6 Å². The predicted octanol–water partition coefficient (Wildman–Crippen LogP) is 3.25. The van der Waals surface area contributed by atoms with E-state index in [1.807, 2.05) is 0 Å². The molecule has 0 aliphatic carbocycles. The number of aliphatic carboxylic acids is 1. The highest BCUT2D eigenvalue weighted by molar-refractivity contribution is 5.75. The normalized spacial score (nSPS) is 14.7. The number of rotatable bonds is 4. The van der Waals surface area contributed by atoms with Gasteiger partial charge in [0.2, 0.25) is 0 Å². The molecule has 1 atom stereocenters. The lowest BCUT2D eigenvalue weighted by molar-refractivity contribution is -0.150. The molecule has 0 heterocycles. The Kier molecular flexibility index (Phi) is 3.86. The topological polar surface area (TPSA) is 37.3 Å². The number of halogens is 2. The molecule has 0 saturated carbocycles. The number of hydrogen-bond donors (Lipinski definition) is 1. The first-order chi connectivity index (χ1) is 7.77. The standard InChI is InChI=1S/C13H16F2O2/c1-8(2)13(3,12(16)17)7-9-6-10(14)4-5-11(9)15/h4-6,8H,7H2,1-3H3,(H,16,17). The van der Waals surface area contributed by atoms with Crippen molar-refractivity contribution in [1.82, 2.24) is 0 Å². The summed E-state index contributed by atoms with van der Waals surface area (Å²) in [5.74, 6) is -2.31. The van der Waals surface area contributed by atoms with Crippen LogP contribution in [-0.2, 0) is 11.2 Å². The highest BCUT2D eigenvalue weighted by Gasteiger charge is 2.37. The van der Waals surface area contributed by atoms with E-state index in [1.165, 1.54) is 0 Å². The second-order valence-electron chi connectivity index (χ2n) is 4.79. The van der Waals surface area contributed by atoms with E-state index in [0.29, 0.717) is 0 Å². The van der Waals surface area contributed by atoms with Gasteiger partial charge in [-0.2, -0.15) is 0 Å². The van der Waals surface area contributed by atoms with Gasteiger partial charge in [-0.05, 0) is 43.0 Å². The Morgan fingerprint density at radius 2 is 2.00 bits per heavy atom. The Balaban J connectivity index is 3.10. The maximum absolute atomic E-state index is 13.5. The van der Waals surface area contributed by atoms with E-state index in [0.717, 1.165) is 18.2 Å². The molecule has 1 aromatic rings. The molecule has 0 amide bonds. The van der Waals surface area contributed by atoms with Gasteiger partial charge in [-0.15, -0.1) is 0 Å². The van der Waals surface area contributed by atoms with Gasteiger partial charge in [0.25, 0.3) is 0 Å². The van der Waals surface area contributed by atoms with Gasteiger partial charge in [-0.3, -0.25) is 4.79 Å². The molecule has 2 nitrogen and oxygen atoms in total. The van der Waals surface area contributed by atoms with Gasteiger partial charge >= 0.3 is 5.97 Å². The Morgan fingerprint density at radius 3 is 2.47 bits per heavy atom. The lowest BCUT2D eigenvalue weighted by atomic mass is 9.74. The quantitative estimate of drug-likeness (QED) is 0.879. The summed E-state index contributed by atoms with van der Waals surface area (Å²) in [6, 6.07) is 3.10. The van der Waals surface area contributed by atoms with E-state index in [4.69, 9.17) is 0 Å². The smallest absolute Gasteiger partial charge is 0.309 e. The zero-order valence-corrected chi connectivity index (χ0v) is 10.1. The Hall–Kier alpha value is -1.45. The summed E-state index contributed by atoms with van der Waals surface area (Å²) in [5, 5.41) is 9.21. The van der Waals surface area contributed by atoms with E-state index in [2.05, 4.69) is 0 Å². The van der Waals surface area contributed by atoms with Gasteiger partial charge < -0.3 is 5.11 Å². The molecule has 1 aromatic carbocycles. The number of carbonyl (C=O) groups is 1. The van der Waals surface area contributed by atoms with Gasteiger partial charge in [-0.1, -0.05) is 13.8 Å². The van der Waals surface area contributed by atoms with Crippen LogP contribution in [0.1, 0.15) is 26.3 Å². The van der Waals surface area contributed by atoms with Gasteiger partial charge in [0, 0.05) is 0 Å². The summed E-state index contributed by atoms with van der Waals surface area (Å²) in [4.78, 5) is 11.2. The summed E-state index contributed by atoms with van der Waals surface area (Å²) in [6.45, 7) is 5.06. The molecule has 0 spiro atoms. The van der Waals surface area contributed by atoms with E-state index >= 15 is 0 Å². The van der Waals surface area contributed by atoms with Crippen LogP contribution in [0.4, 0.5) is 8.78 Å². The first kappa shape index (κ1) is 13.6. The van der Waals surface area contributed by atoms with Crippen molar-refractivity contribution < 1.29 is 18.7 Å². The van der Waals surface area contributed by atoms with Crippen LogP contribution in [0, 0.1) is 23.0 Å². The fourth-order valence-electron chi connectivity index (χ4n) is 1.60. The minimum Gasteiger partial charge on any atom is -0.481 e. The molecule has 1 unspecified atom stereocenters. The summed E-state index contributed by atoms with van der Waals surface area (Å²) in [6.07, 6.45) is -0.0242. The fourth-order valence-corrected chi connectivity index (χ4v) is 1.60. The molecule has 0 saturated heterocycles. The van der Waals surface area contributed by atoms with Crippen molar-refractivity contribution in [2.24, 2.45) is 11.3 Å². The molecule has 17 heavy (non-hydrogen) atoms. The average Bonchev–Trinajstić information content (AvgIpc) is 2.22. The number of carboxylic acids is 1. The lowest BCUT2D eigenvalue weighted by Gasteiger charge is -2.29. The zero-order chi connectivity index (χ0) is 13.2. The number of carboxylic acid groups (broad SMARTS) is 1. The van der Waals surface area contributed by atoms with Gasteiger partial charge in [0.15, 0.2) is 0 Å². The van der Waals surface area contributed by atoms with Crippen LogP contribution in [0.25, 0.3) is 0 Å². The van der Waals surface area contributed by atoms with Crippen molar-refractivity contribution in [1.29, 1.82) is 0 Å². The molecule has 0 bridgehead atoms. The van der Waals surface area contributed by atoms with Crippen LogP contribution in [0.5, 0.6) is 0 Å². The fraction of sp³-hybridized carbons (Fsp3) is 0.462. The summed E-state index contributed by atoms with van der Waals surface area (Å²) < 4.78 is 26.5. The molecule has 0 aliphatic rings. The minimum atomic E-state index is -1.10. The predicted molar refractivity (Wildman–Crippen MR) is 60.6 cm³/mol. The van der Waals surface area contributed by atoms with E-state index in [1.54, 1.807) is 20.8 Å². The molecule has 0 fully saturated rings. The third-order valence-corrected chi connectivity index (χ3v) is 3.33. The van der Waals surface area contributed by atoms with Crippen molar-refractivity contribution in [3.8, 4) is 0 Å². The molecule has 0 aromatic heterocycles. The second-order valence-corrected chi connectivity index (χ2v) is 4.79. The molecule has 94 valence electrons. The molecular weight excluding hydrogens is 226 g/mol. The summed E-state index contributed by atoms with van der Waals surface area (Å²) in [5.41, 5.74) is -1.00. The number of hydrogen-bond acceptors (Lipinski definition) is 1. The monoisotopic (exact) mass is 242 g/mol. The van der Waals surface area contributed by atoms with Crippen molar-refractivity contribution in [2.75, 3.05) is 0 Å². The van der Waals surface area contributed by atoms with Crippen LogP contribution in [0.15, 0.2) is 18.2 Å². The third-order valence-electron chi connectivity index (χ3n) is 3.33. The molecular formula is C13H16F2O2. The maximum Gasteiger partial charge on any atom is 0.309 e. The Labute approximate surface area is 99.3 Å². The first-order valence-electron chi connectivity index (χ1n) is 5.44. The molecule has 0 aliphatic heterocycles. The summed E-state index contributed by atoms with van der Waals surface area (Å²) in [7, 11) is 0. The molecule has 4 heteroatoms. The highest BCUT2D eigenvalue weighted by atomic mass is 19.1. The van der Waals surface area contributed by atoms with E-state index in [-0.39, 0.29) is 17.9 Å².